The number of ether oxygens (including phenoxy) is 3. The van der Waals surface area contributed by atoms with Crippen molar-refractivity contribution >= 4 is 12.0 Å². The molecule has 0 bridgehead atoms. The first kappa shape index (κ1) is 24.8. The summed E-state index contributed by atoms with van der Waals surface area (Å²) in [5, 5.41) is 3.70. The molecule has 2 unspecified atom stereocenters. The number of hydrogen-bond acceptors (Lipinski definition) is 8. The maximum absolute atomic E-state index is 13.2. The summed E-state index contributed by atoms with van der Waals surface area (Å²) < 4.78 is 57.1. The number of hydrogen-bond donors (Lipinski definition) is 0. The molecule has 3 heterocycles. The fraction of sp³-hybridized carbons (Fsp3) is 0.545. The summed E-state index contributed by atoms with van der Waals surface area (Å²) in [6.45, 7) is 4.26. The fourth-order valence-corrected chi connectivity index (χ4v) is 4.25. The summed E-state index contributed by atoms with van der Waals surface area (Å²) >= 11 is 0. The van der Waals surface area contributed by atoms with Gasteiger partial charge in [-0.2, -0.15) is 4.98 Å². The van der Waals surface area contributed by atoms with Crippen molar-refractivity contribution in [3.05, 3.63) is 41.5 Å². The van der Waals surface area contributed by atoms with E-state index in [1.807, 2.05) is 0 Å². The Kier molecular flexibility index (Phi) is 7.43. The molecule has 10 nitrogen and oxygen atoms in total. The number of esters is 1. The zero-order valence-electron chi connectivity index (χ0n) is 19.0. The molecule has 2 saturated heterocycles. The van der Waals surface area contributed by atoms with Crippen LogP contribution in [0.25, 0.3) is 0 Å². The summed E-state index contributed by atoms with van der Waals surface area (Å²) in [6.07, 6.45) is -4.30. The van der Waals surface area contributed by atoms with Crippen molar-refractivity contribution in [3.8, 4) is 5.75 Å². The lowest BCUT2D eigenvalue weighted by Gasteiger charge is -2.40. The third-order valence-electron chi connectivity index (χ3n) is 5.84. The number of alkyl halides is 3. The Hall–Kier alpha value is -3.35. The average Bonchev–Trinajstić information content (AvgIpc) is 3.34. The highest BCUT2D eigenvalue weighted by Gasteiger charge is 2.37. The van der Waals surface area contributed by atoms with Crippen molar-refractivity contribution in [2.24, 2.45) is 0 Å². The smallest absolute Gasteiger partial charge is 0.460 e. The topological polar surface area (TPSA) is 107 Å². The molecular formula is C22H25F3N4O6. The minimum atomic E-state index is -4.78. The molecule has 13 heteroatoms. The van der Waals surface area contributed by atoms with E-state index in [0.717, 1.165) is 5.56 Å². The number of halogens is 3. The molecule has 2 aliphatic rings. The lowest BCUT2D eigenvalue weighted by Crippen LogP contribution is -2.52. The molecule has 4 rings (SSSR count). The predicted octanol–water partition coefficient (Wildman–Crippen LogP) is 3.17. The van der Waals surface area contributed by atoms with Gasteiger partial charge < -0.3 is 28.5 Å². The highest BCUT2D eigenvalue weighted by atomic mass is 19.4. The van der Waals surface area contributed by atoms with Crippen LogP contribution >= 0.6 is 0 Å². The van der Waals surface area contributed by atoms with Gasteiger partial charge in [-0.25, -0.2) is 9.59 Å². The fourth-order valence-electron chi connectivity index (χ4n) is 4.25. The number of nitrogens with zero attached hydrogens (tertiary/aromatic N) is 4. The monoisotopic (exact) mass is 498 g/mol. The van der Waals surface area contributed by atoms with Gasteiger partial charge in [-0.3, -0.25) is 0 Å². The van der Waals surface area contributed by atoms with Crippen LogP contribution in [0.5, 0.6) is 5.75 Å². The van der Waals surface area contributed by atoms with Gasteiger partial charge in [0.05, 0.1) is 25.7 Å². The third-order valence-corrected chi connectivity index (χ3v) is 5.84. The Morgan fingerprint density at radius 3 is 2.43 bits per heavy atom. The van der Waals surface area contributed by atoms with Gasteiger partial charge in [0.15, 0.2) is 0 Å². The van der Waals surface area contributed by atoms with E-state index >= 15 is 0 Å². The molecule has 1 aromatic carbocycles. The van der Waals surface area contributed by atoms with Gasteiger partial charge in [0.25, 0.3) is 5.82 Å². The molecule has 2 amide bonds. The van der Waals surface area contributed by atoms with E-state index in [4.69, 9.17) is 14.0 Å². The van der Waals surface area contributed by atoms with Crippen LogP contribution in [-0.2, 0) is 9.47 Å². The van der Waals surface area contributed by atoms with Crippen molar-refractivity contribution in [2.45, 2.75) is 31.5 Å². The maximum Gasteiger partial charge on any atom is 0.573 e. The number of piperidine rings is 1. The van der Waals surface area contributed by atoms with Gasteiger partial charge in [-0.05, 0) is 36.2 Å². The van der Waals surface area contributed by atoms with Gasteiger partial charge in [0, 0.05) is 32.1 Å². The van der Waals surface area contributed by atoms with E-state index in [9.17, 15) is 22.8 Å². The maximum atomic E-state index is 13.2. The molecule has 0 saturated carbocycles. The number of aromatic nitrogens is 2. The number of carbonyl (C=O) groups excluding carboxylic acids is 2. The highest BCUT2D eigenvalue weighted by Crippen LogP contribution is 2.36. The van der Waals surface area contributed by atoms with Crippen LogP contribution in [0.4, 0.5) is 18.0 Å². The van der Waals surface area contributed by atoms with E-state index < -0.39 is 12.3 Å². The quantitative estimate of drug-likeness (QED) is 0.579. The molecule has 0 N–H and O–H groups in total. The Bertz CT molecular complexity index is 1020. The first-order valence-corrected chi connectivity index (χ1v) is 11.2. The molecular weight excluding hydrogens is 473 g/mol. The van der Waals surface area contributed by atoms with E-state index in [-0.39, 0.29) is 48.5 Å². The summed E-state index contributed by atoms with van der Waals surface area (Å²) in [5.41, 5.74) is 0.731. The molecule has 2 atom stereocenters. The predicted molar refractivity (Wildman–Crippen MR) is 113 cm³/mol. The van der Waals surface area contributed by atoms with Crippen molar-refractivity contribution in [3.63, 3.8) is 0 Å². The second-order valence-corrected chi connectivity index (χ2v) is 8.21. The van der Waals surface area contributed by atoms with Crippen LogP contribution in [0.15, 0.2) is 28.8 Å². The van der Waals surface area contributed by atoms with Gasteiger partial charge >= 0.3 is 18.4 Å². The number of urea groups is 1. The number of amides is 2. The lowest BCUT2D eigenvalue weighted by atomic mass is 9.84. The van der Waals surface area contributed by atoms with Crippen molar-refractivity contribution in [1.82, 2.24) is 19.9 Å². The van der Waals surface area contributed by atoms with E-state index in [0.29, 0.717) is 39.3 Å². The van der Waals surface area contributed by atoms with Crippen LogP contribution in [0.3, 0.4) is 0 Å². The van der Waals surface area contributed by atoms with Crippen molar-refractivity contribution in [1.29, 1.82) is 0 Å². The summed E-state index contributed by atoms with van der Waals surface area (Å²) in [5.74, 6) is -1.67. The van der Waals surface area contributed by atoms with Gasteiger partial charge in [-0.15, -0.1) is 13.2 Å². The molecule has 0 radical (unpaired) electrons. The Balaban J connectivity index is 1.56. The summed E-state index contributed by atoms with van der Waals surface area (Å²) in [6, 6.07) is 5.40. The molecule has 2 fully saturated rings. The molecule has 0 aliphatic carbocycles. The number of rotatable bonds is 5. The first-order valence-electron chi connectivity index (χ1n) is 11.2. The van der Waals surface area contributed by atoms with Crippen LogP contribution < -0.4 is 4.74 Å². The second-order valence-electron chi connectivity index (χ2n) is 8.21. The highest BCUT2D eigenvalue weighted by molar-refractivity contribution is 5.84. The Morgan fingerprint density at radius 1 is 1.09 bits per heavy atom. The van der Waals surface area contributed by atoms with Crippen LogP contribution in [-0.4, -0.2) is 84.3 Å². The number of likely N-dealkylation sites (tertiary alicyclic amines) is 1. The largest absolute Gasteiger partial charge is 0.573 e. The average molecular weight is 498 g/mol. The molecule has 2 aromatic rings. The van der Waals surface area contributed by atoms with E-state index in [1.165, 1.54) is 12.1 Å². The van der Waals surface area contributed by atoms with Crippen LogP contribution in [0.2, 0.25) is 0 Å². The lowest BCUT2D eigenvalue weighted by molar-refractivity contribution is -0.274. The number of morpholine rings is 1. The molecule has 2 aliphatic heterocycles. The first-order chi connectivity index (χ1) is 16.7. The summed E-state index contributed by atoms with van der Waals surface area (Å²) in [7, 11) is 0. The standard InChI is InChI=1S/C22H25F3N4O6/c1-2-33-20(30)18-26-19(35-27-18)16-11-15(14-3-5-17(6-4-14)34-22(23,24)25)12-29(13-16)21(31)28-7-9-32-10-8-28/h3-6,15-16H,2,7-13H2,1H3. The number of benzene rings is 1. The Morgan fingerprint density at radius 2 is 1.77 bits per heavy atom. The van der Waals surface area contributed by atoms with Crippen molar-refractivity contribution in [2.75, 3.05) is 46.0 Å². The van der Waals surface area contributed by atoms with Gasteiger partial charge in [0.2, 0.25) is 5.89 Å². The van der Waals surface area contributed by atoms with Gasteiger partial charge in [0.1, 0.15) is 5.75 Å². The normalized spacial score (nSPS) is 21.0. The summed E-state index contributed by atoms with van der Waals surface area (Å²) in [4.78, 5) is 32.7. The van der Waals surface area contributed by atoms with E-state index in [1.54, 1.807) is 28.9 Å². The minimum Gasteiger partial charge on any atom is -0.460 e. The zero-order valence-corrected chi connectivity index (χ0v) is 19.0. The zero-order chi connectivity index (χ0) is 25.0. The minimum absolute atomic E-state index is 0.157. The SMILES string of the molecule is CCOC(=O)c1noc(C2CC(c3ccc(OC(F)(F)F)cc3)CN(C(=O)N3CCOCC3)C2)n1. The number of carbonyl (C=O) groups is 2. The molecule has 1 aromatic heterocycles. The molecule has 190 valence electrons. The van der Waals surface area contributed by atoms with Crippen LogP contribution in [0.1, 0.15) is 47.3 Å². The second kappa shape index (κ2) is 10.5. The molecule has 35 heavy (non-hydrogen) atoms. The Labute approximate surface area is 198 Å². The van der Waals surface area contributed by atoms with Crippen molar-refractivity contribution < 1.29 is 41.5 Å². The van der Waals surface area contributed by atoms with E-state index in [2.05, 4.69) is 14.9 Å². The van der Waals surface area contributed by atoms with Crippen LogP contribution in [0, 0.1) is 0 Å². The molecule has 0 spiro atoms. The third kappa shape index (κ3) is 6.21. The van der Waals surface area contributed by atoms with Gasteiger partial charge in [-0.1, -0.05) is 12.1 Å².